The molecule has 1 unspecified atom stereocenters. The molecule has 3 nitrogen and oxygen atoms in total. The van der Waals surface area contributed by atoms with Crippen molar-refractivity contribution in [1.82, 2.24) is 0 Å². The van der Waals surface area contributed by atoms with Crippen LogP contribution in [0.25, 0.3) is 5.70 Å². The van der Waals surface area contributed by atoms with Crippen molar-refractivity contribution in [2.75, 3.05) is 11.6 Å². The van der Waals surface area contributed by atoms with Gasteiger partial charge in [-0.15, -0.1) is 0 Å². The zero-order valence-electron chi connectivity index (χ0n) is 10.3. The molecule has 0 amide bonds. The molecule has 1 aromatic carbocycles. The third kappa shape index (κ3) is 3.34. The lowest BCUT2D eigenvalue weighted by atomic mass is 10.2. The van der Waals surface area contributed by atoms with Crippen LogP contribution >= 0.6 is 0 Å². The summed E-state index contributed by atoms with van der Waals surface area (Å²) >= 11 is 0. The van der Waals surface area contributed by atoms with Crippen LogP contribution in [0, 0.1) is 6.92 Å². The standard InChI is InChI=1S/C14H15NO2S/c1-11-5-7-12(8-6-11)15-13(10-18(2)16)14-4-3-9-17-14/h3-10,15H,1-2H3/b13-10-. The summed E-state index contributed by atoms with van der Waals surface area (Å²) in [5, 5.41) is 4.85. The number of anilines is 1. The van der Waals surface area contributed by atoms with Crippen molar-refractivity contribution >= 4 is 22.2 Å². The van der Waals surface area contributed by atoms with E-state index in [-0.39, 0.29) is 0 Å². The van der Waals surface area contributed by atoms with E-state index in [0.29, 0.717) is 11.5 Å². The molecule has 2 rings (SSSR count). The summed E-state index contributed by atoms with van der Waals surface area (Å²) < 4.78 is 16.7. The number of aryl methyl sites for hydroxylation is 1. The minimum atomic E-state index is -1.04. The normalized spacial score (nSPS) is 13.3. The summed E-state index contributed by atoms with van der Waals surface area (Å²) in [4.78, 5) is 0. The molecule has 0 aliphatic carbocycles. The highest BCUT2D eigenvalue weighted by Crippen LogP contribution is 2.19. The Morgan fingerprint density at radius 1 is 1.28 bits per heavy atom. The molecule has 0 spiro atoms. The summed E-state index contributed by atoms with van der Waals surface area (Å²) in [6.07, 6.45) is 3.22. The third-order valence-corrected chi connectivity index (χ3v) is 2.97. The van der Waals surface area contributed by atoms with Gasteiger partial charge >= 0.3 is 0 Å². The lowest BCUT2D eigenvalue weighted by Gasteiger charge is -2.08. The third-order valence-electron chi connectivity index (χ3n) is 2.40. The van der Waals surface area contributed by atoms with Crippen LogP contribution in [0.4, 0.5) is 5.69 Å². The zero-order chi connectivity index (χ0) is 13.0. The second-order valence-corrected chi connectivity index (χ2v) is 5.23. The monoisotopic (exact) mass is 261 g/mol. The van der Waals surface area contributed by atoms with Crippen LogP contribution in [0.3, 0.4) is 0 Å². The van der Waals surface area contributed by atoms with Gasteiger partial charge in [0.2, 0.25) is 0 Å². The van der Waals surface area contributed by atoms with E-state index in [1.54, 1.807) is 24.0 Å². The lowest BCUT2D eigenvalue weighted by Crippen LogP contribution is -1.99. The van der Waals surface area contributed by atoms with Crippen LogP contribution in [-0.4, -0.2) is 10.5 Å². The van der Waals surface area contributed by atoms with Crippen LogP contribution in [0.15, 0.2) is 52.5 Å². The van der Waals surface area contributed by atoms with Gasteiger partial charge < -0.3 is 9.73 Å². The second kappa shape index (κ2) is 5.69. The molecule has 0 bridgehead atoms. The first-order chi connectivity index (χ1) is 8.65. The Kier molecular flexibility index (Phi) is 3.99. The number of nitrogens with one attached hydrogen (secondary N) is 1. The van der Waals surface area contributed by atoms with Gasteiger partial charge in [-0.3, -0.25) is 4.21 Å². The van der Waals surface area contributed by atoms with Crippen molar-refractivity contribution in [3.8, 4) is 0 Å². The van der Waals surface area contributed by atoms with Crippen molar-refractivity contribution in [2.24, 2.45) is 0 Å². The first-order valence-corrected chi connectivity index (χ1v) is 7.19. The zero-order valence-corrected chi connectivity index (χ0v) is 11.2. The molecule has 1 aromatic heterocycles. The minimum absolute atomic E-state index is 0.672. The van der Waals surface area contributed by atoms with Crippen LogP contribution in [0.1, 0.15) is 11.3 Å². The summed E-state index contributed by atoms with van der Waals surface area (Å²) in [5.41, 5.74) is 2.85. The average molecular weight is 261 g/mol. The Labute approximate surface area is 109 Å². The van der Waals surface area contributed by atoms with Crippen LogP contribution < -0.4 is 5.32 Å². The maximum atomic E-state index is 11.3. The molecule has 0 aliphatic heterocycles. The fourth-order valence-electron chi connectivity index (χ4n) is 1.54. The summed E-state index contributed by atoms with van der Waals surface area (Å²) in [6.45, 7) is 2.04. The highest BCUT2D eigenvalue weighted by Gasteiger charge is 2.06. The molecular formula is C14H15NO2S. The Hall–Kier alpha value is -1.81. The smallest absolute Gasteiger partial charge is 0.150 e. The van der Waals surface area contributed by atoms with Gasteiger partial charge in [0.1, 0.15) is 0 Å². The quantitative estimate of drug-likeness (QED) is 0.917. The van der Waals surface area contributed by atoms with Crippen molar-refractivity contribution in [3.63, 3.8) is 0 Å². The van der Waals surface area contributed by atoms with E-state index in [4.69, 9.17) is 4.42 Å². The van der Waals surface area contributed by atoms with E-state index in [9.17, 15) is 4.21 Å². The van der Waals surface area contributed by atoms with Crippen LogP contribution in [0.5, 0.6) is 0 Å². The fourth-order valence-corrected chi connectivity index (χ4v) is 2.05. The second-order valence-electron chi connectivity index (χ2n) is 4.00. The van der Waals surface area contributed by atoms with E-state index >= 15 is 0 Å². The van der Waals surface area contributed by atoms with E-state index < -0.39 is 10.8 Å². The number of hydrogen-bond donors (Lipinski definition) is 1. The van der Waals surface area contributed by atoms with Gasteiger partial charge in [-0.05, 0) is 31.2 Å². The average Bonchev–Trinajstić information content (AvgIpc) is 2.84. The van der Waals surface area contributed by atoms with Crippen molar-refractivity contribution in [3.05, 3.63) is 59.4 Å². The maximum Gasteiger partial charge on any atom is 0.150 e. The number of rotatable bonds is 4. The van der Waals surface area contributed by atoms with E-state index in [1.165, 1.54) is 5.56 Å². The molecule has 1 heterocycles. The van der Waals surface area contributed by atoms with Crippen molar-refractivity contribution in [2.45, 2.75) is 6.92 Å². The van der Waals surface area contributed by atoms with E-state index in [0.717, 1.165) is 5.69 Å². The van der Waals surface area contributed by atoms with Crippen molar-refractivity contribution < 1.29 is 8.63 Å². The molecule has 0 saturated carbocycles. The molecule has 1 N–H and O–H groups in total. The summed E-state index contributed by atoms with van der Waals surface area (Å²) in [7, 11) is -1.04. The molecule has 18 heavy (non-hydrogen) atoms. The summed E-state index contributed by atoms with van der Waals surface area (Å²) in [6, 6.07) is 11.6. The molecule has 0 fully saturated rings. The first-order valence-electron chi connectivity index (χ1n) is 5.57. The van der Waals surface area contributed by atoms with E-state index in [2.05, 4.69) is 5.32 Å². The van der Waals surface area contributed by atoms with Gasteiger partial charge in [-0.25, -0.2) is 0 Å². The van der Waals surface area contributed by atoms with Gasteiger partial charge in [-0.2, -0.15) is 0 Å². The Morgan fingerprint density at radius 2 is 2.00 bits per heavy atom. The number of benzene rings is 1. The number of hydrogen-bond acceptors (Lipinski definition) is 3. The molecule has 0 saturated heterocycles. The van der Waals surface area contributed by atoms with E-state index in [1.807, 2.05) is 37.3 Å². The topological polar surface area (TPSA) is 42.2 Å². The molecule has 2 aromatic rings. The van der Waals surface area contributed by atoms with Crippen molar-refractivity contribution in [1.29, 1.82) is 0 Å². The molecule has 94 valence electrons. The molecular weight excluding hydrogens is 246 g/mol. The number of furan rings is 1. The molecule has 4 heteroatoms. The van der Waals surface area contributed by atoms with Gasteiger partial charge in [0.15, 0.2) is 5.76 Å². The van der Waals surface area contributed by atoms with Gasteiger partial charge in [0.05, 0.1) is 12.0 Å². The van der Waals surface area contributed by atoms with Gasteiger partial charge in [0.25, 0.3) is 0 Å². The fraction of sp³-hybridized carbons (Fsp3) is 0.143. The molecule has 0 aliphatic rings. The highest BCUT2D eigenvalue weighted by molar-refractivity contribution is 7.87. The van der Waals surface area contributed by atoms with Gasteiger partial charge in [-0.1, -0.05) is 17.7 Å². The first kappa shape index (κ1) is 12.6. The molecule has 1 atom stereocenters. The lowest BCUT2D eigenvalue weighted by molar-refractivity contribution is 0.553. The Morgan fingerprint density at radius 3 is 2.56 bits per heavy atom. The Balaban J connectivity index is 2.26. The minimum Gasteiger partial charge on any atom is -0.463 e. The predicted octanol–water partition coefficient (Wildman–Crippen LogP) is 3.38. The molecule has 0 radical (unpaired) electrons. The predicted molar refractivity (Wildman–Crippen MR) is 75.6 cm³/mol. The Bertz CT molecular complexity index is 556. The summed E-state index contributed by atoms with van der Waals surface area (Å²) in [5.74, 6) is 0.672. The van der Waals surface area contributed by atoms with Gasteiger partial charge in [0, 0.05) is 28.2 Å². The maximum absolute atomic E-state index is 11.3. The van der Waals surface area contributed by atoms with Crippen LogP contribution in [0.2, 0.25) is 0 Å². The van der Waals surface area contributed by atoms with Crippen LogP contribution in [-0.2, 0) is 10.8 Å². The highest BCUT2D eigenvalue weighted by atomic mass is 32.2. The SMILES string of the molecule is Cc1ccc(N/C(=C\S(C)=O)c2ccco2)cc1. The largest absolute Gasteiger partial charge is 0.463 e.